The molecule has 0 aromatic heterocycles. The second kappa shape index (κ2) is 7.06. The van der Waals surface area contributed by atoms with Gasteiger partial charge in [0.15, 0.2) is 0 Å². The lowest BCUT2D eigenvalue weighted by Gasteiger charge is -2.16. The van der Waals surface area contributed by atoms with Crippen molar-refractivity contribution in [3.05, 3.63) is 23.8 Å². The fraction of sp³-hybridized carbons (Fsp3) is 0.571. The normalized spacial score (nSPS) is 12.2. The van der Waals surface area contributed by atoms with E-state index in [0.717, 1.165) is 11.3 Å². The maximum atomic E-state index is 12.2. The average molecular weight is 300 g/mol. The van der Waals surface area contributed by atoms with Gasteiger partial charge < -0.3 is 10.1 Å². The van der Waals surface area contributed by atoms with Crippen LogP contribution in [0.3, 0.4) is 0 Å². The predicted octanol–water partition coefficient (Wildman–Crippen LogP) is 1.83. The summed E-state index contributed by atoms with van der Waals surface area (Å²) in [5.41, 5.74) is 0.850. The molecule has 0 aliphatic heterocycles. The summed E-state index contributed by atoms with van der Waals surface area (Å²) in [5.74, 6) is 0.721. The molecule has 0 heterocycles. The van der Waals surface area contributed by atoms with Gasteiger partial charge in [-0.1, -0.05) is 13.8 Å². The molecule has 0 fully saturated rings. The van der Waals surface area contributed by atoms with Gasteiger partial charge in [-0.25, -0.2) is 12.7 Å². The maximum absolute atomic E-state index is 12.2. The number of hydrogen-bond acceptors (Lipinski definition) is 4. The molecule has 0 bridgehead atoms. The topological polar surface area (TPSA) is 58.6 Å². The van der Waals surface area contributed by atoms with Crippen LogP contribution in [0.25, 0.3) is 0 Å². The van der Waals surface area contributed by atoms with E-state index < -0.39 is 10.0 Å². The molecule has 6 heteroatoms. The Balaban J connectivity index is 3.16. The summed E-state index contributed by atoms with van der Waals surface area (Å²) in [6, 6.07) is 5.30. The highest BCUT2D eigenvalue weighted by Gasteiger charge is 2.19. The van der Waals surface area contributed by atoms with Gasteiger partial charge in [0.2, 0.25) is 10.0 Å². The Kier molecular flexibility index (Phi) is 5.98. The summed E-state index contributed by atoms with van der Waals surface area (Å²) < 4.78 is 31.1. The molecule has 20 heavy (non-hydrogen) atoms. The van der Waals surface area contributed by atoms with Crippen LogP contribution in [-0.2, 0) is 16.6 Å². The molecule has 0 radical (unpaired) electrons. The minimum absolute atomic E-state index is 0.284. The van der Waals surface area contributed by atoms with E-state index in [-0.39, 0.29) is 4.90 Å². The Morgan fingerprint density at radius 2 is 1.95 bits per heavy atom. The van der Waals surface area contributed by atoms with E-state index >= 15 is 0 Å². The highest BCUT2D eigenvalue weighted by molar-refractivity contribution is 7.89. The number of nitrogens with zero attached hydrogens (tertiary/aromatic N) is 1. The summed E-state index contributed by atoms with van der Waals surface area (Å²) >= 11 is 0. The Bertz CT molecular complexity index is 539. The van der Waals surface area contributed by atoms with Crippen molar-refractivity contribution in [1.29, 1.82) is 0 Å². The smallest absolute Gasteiger partial charge is 0.242 e. The van der Waals surface area contributed by atoms with Crippen molar-refractivity contribution in [2.45, 2.75) is 38.3 Å². The monoisotopic (exact) mass is 300 g/mol. The van der Waals surface area contributed by atoms with Crippen molar-refractivity contribution >= 4 is 10.0 Å². The highest BCUT2D eigenvalue weighted by Crippen LogP contribution is 2.24. The largest absolute Gasteiger partial charge is 0.494 e. The van der Waals surface area contributed by atoms with Crippen LogP contribution in [0.5, 0.6) is 5.75 Å². The fourth-order valence-electron chi connectivity index (χ4n) is 1.68. The van der Waals surface area contributed by atoms with Crippen LogP contribution in [0.1, 0.15) is 26.3 Å². The molecule has 0 atom stereocenters. The zero-order chi connectivity index (χ0) is 15.3. The lowest BCUT2D eigenvalue weighted by Crippen LogP contribution is -2.24. The van der Waals surface area contributed by atoms with Gasteiger partial charge in [-0.15, -0.1) is 0 Å². The third-order valence-electron chi connectivity index (χ3n) is 2.81. The molecule has 1 aromatic carbocycles. The summed E-state index contributed by atoms with van der Waals surface area (Å²) in [6.07, 6.45) is 0. The van der Waals surface area contributed by atoms with Gasteiger partial charge >= 0.3 is 0 Å². The van der Waals surface area contributed by atoms with Crippen molar-refractivity contribution in [3.8, 4) is 5.75 Å². The van der Waals surface area contributed by atoms with Crippen molar-refractivity contribution in [2.75, 3.05) is 20.7 Å². The molecule has 0 amide bonds. The molecule has 0 aliphatic carbocycles. The van der Waals surface area contributed by atoms with Gasteiger partial charge in [-0.2, -0.15) is 0 Å². The standard InChI is InChI=1S/C14H24N2O3S/c1-6-19-14-8-7-13(20(17,18)16(4)5)9-12(14)10-15-11(2)3/h7-9,11,15H,6,10H2,1-5H3. The molecule has 1 N–H and O–H groups in total. The second-order valence-electron chi connectivity index (χ2n) is 5.03. The van der Waals surface area contributed by atoms with Crippen LogP contribution in [0.4, 0.5) is 0 Å². The summed E-state index contributed by atoms with van der Waals surface area (Å²) in [4.78, 5) is 0.284. The first kappa shape index (κ1) is 16.9. The average Bonchev–Trinajstić information content (AvgIpc) is 2.37. The van der Waals surface area contributed by atoms with Crippen LogP contribution < -0.4 is 10.1 Å². The first-order chi connectivity index (χ1) is 9.28. The second-order valence-corrected chi connectivity index (χ2v) is 7.18. The van der Waals surface area contributed by atoms with Crippen molar-refractivity contribution < 1.29 is 13.2 Å². The SMILES string of the molecule is CCOc1ccc(S(=O)(=O)N(C)C)cc1CNC(C)C. The quantitative estimate of drug-likeness (QED) is 0.834. The summed E-state index contributed by atoms with van der Waals surface area (Å²) in [5, 5.41) is 3.28. The number of hydrogen-bond donors (Lipinski definition) is 1. The molecule has 0 unspecified atom stereocenters. The van der Waals surface area contributed by atoms with E-state index in [1.54, 1.807) is 18.2 Å². The molecule has 0 saturated heterocycles. The van der Waals surface area contributed by atoms with Gasteiger partial charge in [0.25, 0.3) is 0 Å². The van der Waals surface area contributed by atoms with Crippen LogP contribution in [0.15, 0.2) is 23.1 Å². The van der Waals surface area contributed by atoms with Gasteiger partial charge in [-0.05, 0) is 25.1 Å². The summed E-state index contributed by atoms with van der Waals surface area (Å²) in [7, 11) is -0.368. The van der Waals surface area contributed by atoms with E-state index in [2.05, 4.69) is 5.32 Å². The molecule has 114 valence electrons. The predicted molar refractivity (Wildman–Crippen MR) is 80.5 cm³/mol. The number of sulfonamides is 1. The third kappa shape index (κ3) is 4.19. The molecule has 0 spiro atoms. The lowest BCUT2D eigenvalue weighted by atomic mass is 10.2. The lowest BCUT2D eigenvalue weighted by molar-refractivity contribution is 0.334. The number of rotatable bonds is 7. The minimum Gasteiger partial charge on any atom is -0.494 e. The maximum Gasteiger partial charge on any atom is 0.242 e. The van der Waals surface area contributed by atoms with E-state index in [1.807, 2.05) is 20.8 Å². The van der Waals surface area contributed by atoms with E-state index in [9.17, 15) is 8.42 Å². The van der Waals surface area contributed by atoms with E-state index in [0.29, 0.717) is 19.2 Å². The molecule has 1 rings (SSSR count). The van der Waals surface area contributed by atoms with Crippen LogP contribution >= 0.6 is 0 Å². The van der Waals surface area contributed by atoms with Crippen molar-refractivity contribution in [2.24, 2.45) is 0 Å². The number of ether oxygens (including phenoxy) is 1. The number of nitrogens with one attached hydrogen (secondary N) is 1. The Morgan fingerprint density at radius 1 is 1.30 bits per heavy atom. The third-order valence-corrected chi connectivity index (χ3v) is 4.62. The minimum atomic E-state index is -3.42. The van der Waals surface area contributed by atoms with E-state index in [4.69, 9.17) is 4.74 Å². The first-order valence-corrected chi connectivity index (χ1v) is 8.14. The molecule has 1 aromatic rings. The first-order valence-electron chi connectivity index (χ1n) is 6.70. The highest BCUT2D eigenvalue weighted by atomic mass is 32.2. The zero-order valence-corrected chi connectivity index (χ0v) is 13.6. The van der Waals surface area contributed by atoms with Crippen LogP contribution in [-0.4, -0.2) is 39.5 Å². The molecular weight excluding hydrogens is 276 g/mol. The fourth-order valence-corrected chi connectivity index (χ4v) is 2.63. The molecule has 5 nitrogen and oxygen atoms in total. The van der Waals surface area contributed by atoms with Gasteiger partial charge in [-0.3, -0.25) is 0 Å². The Labute approximate surface area is 122 Å². The Morgan fingerprint density at radius 3 is 2.45 bits per heavy atom. The Hall–Kier alpha value is -1.11. The number of benzene rings is 1. The van der Waals surface area contributed by atoms with Crippen molar-refractivity contribution in [3.63, 3.8) is 0 Å². The van der Waals surface area contributed by atoms with Gasteiger partial charge in [0, 0.05) is 32.2 Å². The van der Waals surface area contributed by atoms with E-state index in [1.165, 1.54) is 18.4 Å². The zero-order valence-electron chi connectivity index (χ0n) is 12.8. The van der Waals surface area contributed by atoms with Gasteiger partial charge in [0.1, 0.15) is 5.75 Å². The van der Waals surface area contributed by atoms with Gasteiger partial charge in [0.05, 0.1) is 11.5 Å². The van der Waals surface area contributed by atoms with Crippen LogP contribution in [0.2, 0.25) is 0 Å². The molecule has 0 aliphatic rings. The summed E-state index contributed by atoms with van der Waals surface area (Å²) in [6.45, 7) is 7.11. The van der Waals surface area contributed by atoms with Crippen LogP contribution in [0, 0.1) is 0 Å². The molecular formula is C14H24N2O3S. The molecule has 0 saturated carbocycles. The van der Waals surface area contributed by atoms with Crippen molar-refractivity contribution in [1.82, 2.24) is 9.62 Å².